The second-order valence-corrected chi connectivity index (χ2v) is 9.80. The molecule has 0 unspecified atom stereocenters. The van der Waals surface area contributed by atoms with Gasteiger partial charge in [0, 0.05) is 23.5 Å². The van der Waals surface area contributed by atoms with E-state index < -0.39 is 29.1 Å². The standard InChI is InChI=1S/C25H27FN2O5S/c1-17-4-10-22(11-5-17)34(31,32)27-15-25(30)33-16-24(29)23-14-18(2)28(19(23)3)13-12-20-6-8-21(26)9-7-20/h4-11,14,27H,12-13,15-16H2,1-3H3. The normalized spacial score (nSPS) is 11.4. The molecule has 9 heteroatoms. The van der Waals surface area contributed by atoms with Crippen molar-refractivity contribution in [3.05, 3.63) is 88.5 Å². The highest BCUT2D eigenvalue weighted by atomic mass is 32.2. The summed E-state index contributed by atoms with van der Waals surface area (Å²) in [5.41, 5.74) is 3.93. The van der Waals surface area contributed by atoms with Crippen molar-refractivity contribution in [1.82, 2.24) is 9.29 Å². The Morgan fingerprint density at radius 1 is 1.00 bits per heavy atom. The van der Waals surface area contributed by atoms with Crippen LogP contribution in [0, 0.1) is 26.6 Å². The Hall–Kier alpha value is -3.30. The maximum Gasteiger partial charge on any atom is 0.321 e. The van der Waals surface area contributed by atoms with Crippen LogP contribution in [0.2, 0.25) is 0 Å². The molecule has 0 saturated carbocycles. The summed E-state index contributed by atoms with van der Waals surface area (Å²) in [6, 6.07) is 14.2. The zero-order valence-electron chi connectivity index (χ0n) is 19.3. The number of aromatic nitrogens is 1. The van der Waals surface area contributed by atoms with Crippen molar-refractivity contribution in [2.24, 2.45) is 0 Å². The number of carbonyl (C=O) groups is 2. The lowest BCUT2D eigenvalue weighted by atomic mass is 10.1. The number of rotatable bonds is 10. The van der Waals surface area contributed by atoms with E-state index in [1.54, 1.807) is 30.3 Å². The molecular formula is C25H27FN2O5S. The summed E-state index contributed by atoms with van der Waals surface area (Å²) in [6.07, 6.45) is 0.667. The molecule has 2 aromatic carbocycles. The quantitative estimate of drug-likeness (QED) is 0.350. The van der Waals surface area contributed by atoms with Crippen molar-refractivity contribution >= 4 is 21.8 Å². The van der Waals surface area contributed by atoms with Gasteiger partial charge in [-0.15, -0.1) is 0 Å². The SMILES string of the molecule is Cc1ccc(S(=O)(=O)NCC(=O)OCC(=O)c2cc(C)n(CCc3ccc(F)cc3)c2C)cc1. The molecule has 180 valence electrons. The fraction of sp³-hybridized carbons (Fsp3) is 0.280. The second kappa shape index (κ2) is 10.8. The Morgan fingerprint density at radius 3 is 2.29 bits per heavy atom. The third-order valence-electron chi connectivity index (χ3n) is 5.51. The molecule has 1 aromatic heterocycles. The maximum absolute atomic E-state index is 13.1. The zero-order valence-corrected chi connectivity index (χ0v) is 20.1. The molecule has 0 spiro atoms. The van der Waals surface area contributed by atoms with Gasteiger partial charge in [-0.3, -0.25) is 9.59 Å². The van der Waals surface area contributed by atoms with E-state index >= 15 is 0 Å². The first-order chi connectivity index (χ1) is 16.1. The summed E-state index contributed by atoms with van der Waals surface area (Å²) >= 11 is 0. The van der Waals surface area contributed by atoms with E-state index in [0.717, 1.165) is 22.5 Å². The van der Waals surface area contributed by atoms with Crippen LogP contribution in [0.15, 0.2) is 59.5 Å². The van der Waals surface area contributed by atoms with Crippen LogP contribution in [0.5, 0.6) is 0 Å². The Bertz CT molecular complexity index is 1280. The van der Waals surface area contributed by atoms with Crippen molar-refractivity contribution in [2.75, 3.05) is 13.2 Å². The van der Waals surface area contributed by atoms with Gasteiger partial charge in [-0.25, -0.2) is 12.8 Å². The van der Waals surface area contributed by atoms with Crippen LogP contribution in [-0.2, 0) is 32.5 Å². The molecular weight excluding hydrogens is 459 g/mol. The van der Waals surface area contributed by atoms with Crippen LogP contribution in [0.3, 0.4) is 0 Å². The van der Waals surface area contributed by atoms with Crippen LogP contribution in [-0.4, -0.2) is 37.9 Å². The summed E-state index contributed by atoms with van der Waals surface area (Å²) in [5.74, 6) is -1.52. The van der Waals surface area contributed by atoms with Crippen LogP contribution < -0.4 is 4.72 Å². The lowest BCUT2D eigenvalue weighted by Crippen LogP contribution is -2.31. The largest absolute Gasteiger partial charge is 0.456 e. The number of halogens is 1. The molecule has 1 N–H and O–H groups in total. The van der Waals surface area contributed by atoms with E-state index in [9.17, 15) is 22.4 Å². The van der Waals surface area contributed by atoms with Gasteiger partial charge in [0.05, 0.1) is 4.90 Å². The minimum Gasteiger partial charge on any atom is -0.456 e. The van der Waals surface area contributed by atoms with E-state index in [-0.39, 0.29) is 16.5 Å². The number of nitrogens with one attached hydrogen (secondary N) is 1. The lowest BCUT2D eigenvalue weighted by Gasteiger charge is -2.10. The van der Waals surface area contributed by atoms with Gasteiger partial charge in [0.1, 0.15) is 12.4 Å². The van der Waals surface area contributed by atoms with Crippen LogP contribution in [0.1, 0.15) is 32.9 Å². The zero-order chi connectivity index (χ0) is 24.9. The Kier molecular flexibility index (Phi) is 8.01. The number of Topliss-reactive ketones (excluding diaryl/α,β-unsaturated/α-hetero) is 1. The molecule has 0 fully saturated rings. The summed E-state index contributed by atoms with van der Waals surface area (Å²) in [7, 11) is -3.86. The average molecular weight is 487 g/mol. The van der Waals surface area contributed by atoms with E-state index in [1.807, 2.05) is 25.3 Å². The maximum atomic E-state index is 13.1. The van der Waals surface area contributed by atoms with E-state index in [2.05, 4.69) is 4.72 Å². The fourth-order valence-corrected chi connectivity index (χ4v) is 4.52. The number of carbonyl (C=O) groups excluding carboxylic acids is 2. The van der Waals surface area contributed by atoms with Crippen molar-refractivity contribution in [3.8, 4) is 0 Å². The van der Waals surface area contributed by atoms with Gasteiger partial charge < -0.3 is 9.30 Å². The molecule has 0 aliphatic rings. The topological polar surface area (TPSA) is 94.5 Å². The van der Waals surface area contributed by atoms with Crippen LogP contribution in [0.25, 0.3) is 0 Å². The molecule has 0 radical (unpaired) electrons. The summed E-state index contributed by atoms with van der Waals surface area (Å²) in [5, 5.41) is 0. The van der Waals surface area contributed by atoms with Gasteiger partial charge in [0.15, 0.2) is 6.61 Å². The van der Waals surface area contributed by atoms with Crippen molar-refractivity contribution in [3.63, 3.8) is 0 Å². The van der Waals surface area contributed by atoms with Gasteiger partial charge in [-0.05, 0) is 63.1 Å². The smallest absolute Gasteiger partial charge is 0.321 e. The number of aryl methyl sites for hydroxylation is 3. The monoisotopic (exact) mass is 486 g/mol. The van der Waals surface area contributed by atoms with Gasteiger partial charge in [0.25, 0.3) is 0 Å². The molecule has 3 rings (SSSR count). The highest BCUT2D eigenvalue weighted by Crippen LogP contribution is 2.17. The summed E-state index contributed by atoms with van der Waals surface area (Å²) in [4.78, 5) is 24.7. The molecule has 0 aliphatic carbocycles. The first kappa shape index (κ1) is 25.3. The van der Waals surface area contributed by atoms with E-state index in [4.69, 9.17) is 4.74 Å². The van der Waals surface area contributed by atoms with E-state index in [1.165, 1.54) is 24.3 Å². The number of esters is 1. The third kappa shape index (κ3) is 6.39. The van der Waals surface area contributed by atoms with Crippen LogP contribution in [0.4, 0.5) is 4.39 Å². The number of sulfonamides is 1. The number of hydrogen-bond acceptors (Lipinski definition) is 5. The lowest BCUT2D eigenvalue weighted by molar-refractivity contribution is -0.141. The molecule has 1 heterocycles. The highest BCUT2D eigenvalue weighted by molar-refractivity contribution is 7.89. The Morgan fingerprint density at radius 2 is 1.65 bits per heavy atom. The Balaban J connectivity index is 1.54. The third-order valence-corrected chi connectivity index (χ3v) is 6.93. The highest BCUT2D eigenvalue weighted by Gasteiger charge is 2.19. The number of hydrogen-bond donors (Lipinski definition) is 1. The minimum absolute atomic E-state index is 0.0371. The van der Waals surface area contributed by atoms with Crippen molar-refractivity contribution in [1.29, 1.82) is 0 Å². The van der Waals surface area contributed by atoms with Gasteiger partial charge in [-0.1, -0.05) is 29.8 Å². The summed E-state index contributed by atoms with van der Waals surface area (Å²) < 4.78 is 46.8. The predicted molar refractivity (Wildman–Crippen MR) is 126 cm³/mol. The molecule has 3 aromatic rings. The van der Waals surface area contributed by atoms with Gasteiger partial charge >= 0.3 is 5.97 Å². The number of ether oxygens (including phenoxy) is 1. The molecule has 0 amide bonds. The number of benzene rings is 2. The van der Waals surface area contributed by atoms with Crippen molar-refractivity contribution < 1.29 is 27.1 Å². The minimum atomic E-state index is -3.86. The number of nitrogens with zero attached hydrogens (tertiary/aromatic N) is 1. The van der Waals surface area contributed by atoms with Crippen molar-refractivity contribution in [2.45, 2.75) is 38.6 Å². The molecule has 0 aliphatic heterocycles. The van der Waals surface area contributed by atoms with E-state index in [0.29, 0.717) is 18.5 Å². The second-order valence-electron chi connectivity index (χ2n) is 8.03. The first-order valence-corrected chi connectivity index (χ1v) is 12.2. The predicted octanol–water partition coefficient (Wildman–Crippen LogP) is 3.50. The molecule has 34 heavy (non-hydrogen) atoms. The molecule has 0 saturated heterocycles. The molecule has 7 nitrogen and oxygen atoms in total. The fourth-order valence-electron chi connectivity index (χ4n) is 3.55. The molecule has 0 bridgehead atoms. The number of ketones is 1. The van der Waals surface area contributed by atoms with Gasteiger partial charge in [0.2, 0.25) is 15.8 Å². The average Bonchev–Trinajstić information content (AvgIpc) is 3.09. The Labute approximate surface area is 198 Å². The van der Waals surface area contributed by atoms with Gasteiger partial charge in [-0.2, -0.15) is 4.72 Å². The molecule has 0 atom stereocenters. The summed E-state index contributed by atoms with van der Waals surface area (Å²) in [6.45, 7) is 5.05. The first-order valence-electron chi connectivity index (χ1n) is 10.7. The van der Waals surface area contributed by atoms with Crippen LogP contribution >= 0.6 is 0 Å².